The largest absolute Gasteiger partial charge is 0.204 e. The van der Waals surface area contributed by atoms with Crippen molar-refractivity contribution in [2.75, 3.05) is 0 Å². The molecule has 0 spiro atoms. The number of nitrogens with zero attached hydrogens (tertiary/aromatic N) is 2. The first kappa shape index (κ1) is 10.6. The van der Waals surface area contributed by atoms with Crippen LogP contribution in [0.4, 0.5) is 4.39 Å². The molecule has 0 saturated heterocycles. The minimum Gasteiger partial charge on any atom is -0.204 e. The molecule has 2 nitrogen and oxygen atoms in total. The molecule has 4 heteroatoms. The second-order valence-electron chi connectivity index (χ2n) is 4.01. The third kappa shape index (κ3) is 2.05. The van der Waals surface area contributed by atoms with Gasteiger partial charge in [-0.15, -0.1) is 0 Å². The summed E-state index contributed by atoms with van der Waals surface area (Å²) in [5.74, 6) is -0.306. The monoisotopic (exact) mass is 246 g/mol. The molecule has 0 N–H and O–H groups in total. The van der Waals surface area contributed by atoms with Crippen molar-refractivity contribution in [1.82, 2.24) is 10.2 Å². The van der Waals surface area contributed by atoms with Crippen LogP contribution in [0.5, 0.6) is 0 Å². The average molecular weight is 247 g/mol. The van der Waals surface area contributed by atoms with E-state index in [-0.39, 0.29) is 11.2 Å². The van der Waals surface area contributed by atoms with Gasteiger partial charge in [-0.25, -0.2) is 4.39 Å². The molecule has 1 aromatic heterocycles. The fourth-order valence-electron chi connectivity index (χ4n) is 0.955. The maximum absolute atomic E-state index is 13.6. The van der Waals surface area contributed by atoms with Crippen LogP contribution in [-0.2, 0) is 5.41 Å². The van der Waals surface area contributed by atoms with Gasteiger partial charge in [0.15, 0.2) is 5.82 Å². The summed E-state index contributed by atoms with van der Waals surface area (Å²) >= 11 is 3.14. The SMILES string of the molecule is Cc1nnc(C(C)(C)C)c(F)c1Br. The maximum Gasteiger partial charge on any atom is 0.163 e. The Balaban J connectivity index is 3.35. The molecular formula is C9H12BrFN2. The van der Waals surface area contributed by atoms with Gasteiger partial charge in [0.05, 0.1) is 10.2 Å². The molecular weight excluding hydrogens is 235 g/mol. The quantitative estimate of drug-likeness (QED) is 0.704. The lowest BCUT2D eigenvalue weighted by Crippen LogP contribution is -2.17. The molecule has 1 heterocycles. The van der Waals surface area contributed by atoms with Crippen molar-refractivity contribution in [3.05, 3.63) is 21.7 Å². The Kier molecular flexibility index (Phi) is 2.71. The van der Waals surface area contributed by atoms with Crippen molar-refractivity contribution >= 4 is 15.9 Å². The Morgan fingerprint density at radius 1 is 1.23 bits per heavy atom. The maximum atomic E-state index is 13.6. The predicted molar refractivity (Wildman–Crippen MR) is 53.1 cm³/mol. The van der Waals surface area contributed by atoms with E-state index in [1.807, 2.05) is 20.8 Å². The van der Waals surface area contributed by atoms with Gasteiger partial charge in [-0.1, -0.05) is 20.8 Å². The summed E-state index contributed by atoms with van der Waals surface area (Å²) in [5, 5.41) is 7.72. The first-order chi connectivity index (χ1) is 5.84. The highest BCUT2D eigenvalue weighted by Gasteiger charge is 2.23. The molecule has 0 aliphatic carbocycles. The smallest absolute Gasteiger partial charge is 0.163 e. The van der Waals surface area contributed by atoms with E-state index in [4.69, 9.17) is 0 Å². The Bertz CT molecular complexity index is 331. The normalized spacial score (nSPS) is 11.8. The Hall–Kier alpha value is -0.510. The fourth-order valence-corrected chi connectivity index (χ4v) is 1.22. The van der Waals surface area contributed by atoms with Crippen molar-refractivity contribution in [1.29, 1.82) is 0 Å². The first-order valence-corrected chi connectivity index (χ1v) is 4.82. The summed E-state index contributed by atoms with van der Waals surface area (Å²) in [4.78, 5) is 0. The molecule has 0 aliphatic rings. The summed E-state index contributed by atoms with van der Waals surface area (Å²) in [5.41, 5.74) is 0.656. The zero-order valence-electron chi connectivity index (χ0n) is 8.15. The predicted octanol–water partition coefficient (Wildman–Crippen LogP) is 2.98. The fraction of sp³-hybridized carbons (Fsp3) is 0.556. The van der Waals surface area contributed by atoms with E-state index in [1.54, 1.807) is 6.92 Å². The van der Waals surface area contributed by atoms with Crippen molar-refractivity contribution in [2.24, 2.45) is 0 Å². The van der Waals surface area contributed by atoms with Gasteiger partial charge in [0.1, 0.15) is 5.69 Å². The molecule has 72 valence electrons. The molecule has 0 amide bonds. The van der Waals surface area contributed by atoms with Crippen LogP contribution in [0.3, 0.4) is 0 Å². The molecule has 0 aromatic carbocycles. The van der Waals surface area contributed by atoms with Crippen molar-refractivity contribution < 1.29 is 4.39 Å². The number of hydrogen-bond acceptors (Lipinski definition) is 2. The van der Waals surface area contributed by atoms with Crippen LogP contribution in [0, 0.1) is 12.7 Å². The molecule has 1 aromatic rings. The van der Waals surface area contributed by atoms with Crippen LogP contribution in [0.2, 0.25) is 0 Å². The second kappa shape index (κ2) is 3.33. The lowest BCUT2D eigenvalue weighted by molar-refractivity contribution is 0.487. The zero-order valence-corrected chi connectivity index (χ0v) is 9.74. The molecule has 0 bridgehead atoms. The van der Waals surface area contributed by atoms with Crippen LogP contribution in [0.25, 0.3) is 0 Å². The third-order valence-corrected chi connectivity index (χ3v) is 2.65. The minimum absolute atomic E-state index is 0.306. The van der Waals surface area contributed by atoms with Gasteiger partial charge >= 0.3 is 0 Å². The van der Waals surface area contributed by atoms with Crippen LogP contribution < -0.4 is 0 Å². The second-order valence-corrected chi connectivity index (χ2v) is 4.80. The number of halogens is 2. The van der Waals surface area contributed by atoms with Crippen LogP contribution in [0.15, 0.2) is 4.47 Å². The molecule has 1 rings (SSSR count). The Labute approximate surface area is 85.7 Å². The number of rotatable bonds is 0. The molecule has 0 saturated carbocycles. The number of aryl methyl sites for hydroxylation is 1. The molecule has 0 aliphatic heterocycles. The Morgan fingerprint density at radius 3 is 2.23 bits per heavy atom. The van der Waals surface area contributed by atoms with Gasteiger partial charge in [-0.05, 0) is 22.9 Å². The van der Waals surface area contributed by atoms with Gasteiger partial charge in [0.25, 0.3) is 0 Å². The number of hydrogen-bond donors (Lipinski definition) is 0. The Morgan fingerprint density at radius 2 is 1.77 bits per heavy atom. The average Bonchev–Trinajstić information content (AvgIpc) is 1.98. The van der Waals surface area contributed by atoms with Crippen molar-refractivity contribution in [2.45, 2.75) is 33.1 Å². The summed E-state index contributed by atoms with van der Waals surface area (Å²) in [6.07, 6.45) is 0. The highest BCUT2D eigenvalue weighted by Crippen LogP contribution is 2.27. The van der Waals surface area contributed by atoms with E-state index in [9.17, 15) is 4.39 Å². The van der Waals surface area contributed by atoms with Gasteiger partial charge in [0, 0.05) is 5.41 Å². The molecule has 13 heavy (non-hydrogen) atoms. The highest BCUT2D eigenvalue weighted by molar-refractivity contribution is 9.10. The van der Waals surface area contributed by atoms with Crippen LogP contribution in [0.1, 0.15) is 32.2 Å². The van der Waals surface area contributed by atoms with Gasteiger partial charge < -0.3 is 0 Å². The highest BCUT2D eigenvalue weighted by atomic mass is 79.9. The van der Waals surface area contributed by atoms with Gasteiger partial charge in [-0.2, -0.15) is 10.2 Å². The van der Waals surface area contributed by atoms with Gasteiger partial charge in [0.2, 0.25) is 0 Å². The number of aromatic nitrogens is 2. The summed E-state index contributed by atoms with van der Waals surface area (Å²) in [6, 6.07) is 0. The summed E-state index contributed by atoms with van der Waals surface area (Å²) in [6.45, 7) is 7.43. The van der Waals surface area contributed by atoms with E-state index >= 15 is 0 Å². The lowest BCUT2D eigenvalue weighted by Gasteiger charge is -2.18. The standard InChI is InChI=1S/C9H12BrFN2/c1-5-6(10)7(11)8(13-12-5)9(2,3)4/h1-4H3. The molecule has 0 radical (unpaired) electrons. The van der Waals surface area contributed by atoms with Crippen LogP contribution >= 0.6 is 15.9 Å². The molecule has 0 unspecified atom stereocenters. The summed E-state index contributed by atoms with van der Waals surface area (Å²) < 4.78 is 14.0. The van der Waals surface area contributed by atoms with E-state index in [0.29, 0.717) is 15.9 Å². The topological polar surface area (TPSA) is 25.8 Å². The van der Waals surface area contributed by atoms with E-state index in [1.165, 1.54) is 0 Å². The van der Waals surface area contributed by atoms with E-state index in [2.05, 4.69) is 26.1 Å². The zero-order chi connectivity index (χ0) is 10.2. The van der Waals surface area contributed by atoms with Gasteiger partial charge in [-0.3, -0.25) is 0 Å². The van der Waals surface area contributed by atoms with Crippen molar-refractivity contribution in [3.63, 3.8) is 0 Å². The lowest BCUT2D eigenvalue weighted by atomic mass is 9.91. The first-order valence-electron chi connectivity index (χ1n) is 4.03. The molecule has 0 fully saturated rings. The van der Waals surface area contributed by atoms with Crippen LogP contribution in [-0.4, -0.2) is 10.2 Å². The summed E-state index contributed by atoms with van der Waals surface area (Å²) in [7, 11) is 0. The van der Waals surface area contributed by atoms with E-state index < -0.39 is 0 Å². The third-order valence-electron chi connectivity index (χ3n) is 1.73. The minimum atomic E-state index is -0.312. The van der Waals surface area contributed by atoms with Crippen molar-refractivity contribution in [3.8, 4) is 0 Å². The van der Waals surface area contributed by atoms with E-state index in [0.717, 1.165) is 0 Å². The molecule has 0 atom stereocenters.